The van der Waals surface area contributed by atoms with Crippen LogP contribution >= 0.6 is 22.9 Å². The lowest BCUT2D eigenvalue weighted by Gasteiger charge is -2.28. The number of nitrogens with two attached hydrogens (primary N) is 1. The molecule has 154 valence electrons. The molecule has 4 rings (SSSR count). The molecule has 0 aromatic carbocycles. The average molecular weight is 447 g/mol. The van der Waals surface area contributed by atoms with Gasteiger partial charge in [-0.1, -0.05) is 11.3 Å². The van der Waals surface area contributed by atoms with E-state index < -0.39 is 11.2 Å². The van der Waals surface area contributed by atoms with Crippen LogP contribution in [0.1, 0.15) is 36.7 Å². The summed E-state index contributed by atoms with van der Waals surface area (Å²) in [4.78, 5) is 24.7. The summed E-state index contributed by atoms with van der Waals surface area (Å²) in [6.07, 6.45) is -0.534. The zero-order valence-corrected chi connectivity index (χ0v) is 16.2. The van der Waals surface area contributed by atoms with Gasteiger partial charge in [-0.05, 0) is 37.3 Å². The number of amides is 1. The third-order valence-electron chi connectivity index (χ3n) is 4.78. The van der Waals surface area contributed by atoms with Gasteiger partial charge in [0.25, 0.3) is 0 Å². The predicted molar refractivity (Wildman–Crippen MR) is 99.3 cm³/mol. The highest BCUT2D eigenvalue weighted by Crippen LogP contribution is 2.36. The van der Waals surface area contributed by atoms with Crippen molar-refractivity contribution < 1.29 is 18.0 Å². The summed E-state index contributed by atoms with van der Waals surface area (Å²) in [5.41, 5.74) is 6.81. The van der Waals surface area contributed by atoms with Crippen LogP contribution in [0.4, 0.5) is 24.1 Å². The second-order valence-corrected chi connectivity index (χ2v) is 7.92. The van der Waals surface area contributed by atoms with Gasteiger partial charge in [0, 0.05) is 12.0 Å². The number of hydrogen-bond acceptors (Lipinski definition) is 8. The molecule has 3 N–H and O–H groups in total. The Morgan fingerprint density at radius 1 is 1.24 bits per heavy atom. The van der Waals surface area contributed by atoms with Crippen molar-refractivity contribution in [1.82, 2.24) is 29.7 Å². The van der Waals surface area contributed by atoms with Gasteiger partial charge in [0.05, 0.1) is 6.33 Å². The first-order chi connectivity index (χ1) is 13.7. The number of aromatic nitrogens is 6. The zero-order valence-electron chi connectivity index (χ0n) is 14.6. The van der Waals surface area contributed by atoms with Crippen LogP contribution in [-0.2, 0) is 11.0 Å². The van der Waals surface area contributed by atoms with Crippen LogP contribution in [0.15, 0.2) is 6.33 Å². The van der Waals surface area contributed by atoms with Gasteiger partial charge in [0.15, 0.2) is 11.5 Å². The molecular formula is C15H14ClF3N8OS. The Balaban J connectivity index is 1.41. The number of anilines is 2. The molecular weight excluding hydrogens is 433 g/mol. The maximum absolute atomic E-state index is 12.6. The SMILES string of the molecule is Nc1nc(Cl)nc2c1ncn2C1CCC(C(=O)Nc2nnc(C(F)(F)F)s2)CC1. The first kappa shape index (κ1) is 19.8. The van der Waals surface area contributed by atoms with Crippen LogP contribution in [0, 0.1) is 5.92 Å². The number of nitrogens with one attached hydrogen (secondary N) is 1. The van der Waals surface area contributed by atoms with Crippen LogP contribution in [-0.4, -0.2) is 35.6 Å². The lowest BCUT2D eigenvalue weighted by atomic mass is 9.85. The number of nitrogens with zero attached hydrogens (tertiary/aromatic N) is 6. The molecule has 3 aromatic rings. The zero-order chi connectivity index (χ0) is 20.8. The second-order valence-electron chi connectivity index (χ2n) is 6.61. The summed E-state index contributed by atoms with van der Waals surface area (Å²) in [5.74, 6) is -0.497. The molecule has 1 aliphatic carbocycles. The molecule has 3 aromatic heterocycles. The number of nitrogen functional groups attached to an aromatic ring is 1. The Kier molecular flexibility index (Phi) is 5.02. The van der Waals surface area contributed by atoms with Crippen molar-refractivity contribution in [3.63, 3.8) is 0 Å². The van der Waals surface area contributed by atoms with Crippen molar-refractivity contribution in [2.75, 3.05) is 11.1 Å². The Morgan fingerprint density at radius 2 is 1.97 bits per heavy atom. The van der Waals surface area contributed by atoms with E-state index in [9.17, 15) is 18.0 Å². The van der Waals surface area contributed by atoms with Gasteiger partial charge in [0.2, 0.25) is 21.3 Å². The second kappa shape index (κ2) is 7.37. The lowest BCUT2D eigenvalue weighted by Crippen LogP contribution is -2.28. The van der Waals surface area contributed by atoms with Crippen molar-refractivity contribution in [3.8, 4) is 0 Å². The Bertz CT molecular complexity index is 1060. The summed E-state index contributed by atoms with van der Waals surface area (Å²) in [7, 11) is 0. The van der Waals surface area contributed by atoms with E-state index in [2.05, 4.69) is 30.5 Å². The molecule has 29 heavy (non-hydrogen) atoms. The van der Waals surface area contributed by atoms with E-state index >= 15 is 0 Å². The van der Waals surface area contributed by atoms with Gasteiger partial charge in [-0.2, -0.15) is 23.1 Å². The maximum Gasteiger partial charge on any atom is 0.445 e. The van der Waals surface area contributed by atoms with Gasteiger partial charge in [-0.3, -0.25) is 4.79 Å². The highest BCUT2D eigenvalue weighted by atomic mass is 35.5. The Hall–Kier alpha value is -2.54. The molecule has 0 atom stereocenters. The van der Waals surface area contributed by atoms with Gasteiger partial charge in [-0.15, -0.1) is 10.2 Å². The van der Waals surface area contributed by atoms with Crippen molar-refractivity contribution in [1.29, 1.82) is 0 Å². The van der Waals surface area contributed by atoms with E-state index in [1.165, 1.54) is 0 Å². The monoisotopic (exact) mass is 446 g/mol. The molecule has 0 saturated heterocycles. The maximum atomic E-state index is 12.6. The number of fused-ring (bicyclic) bond motifs is 1. The molecule has 0 unspecified atom stereocenters. The highest BCUT2D eigenvalue weighted by molar-refractivity contribution is 7.15. The molecule has 1 amide bonds. The van der Waals surface area contributed by atoms with Crippen molar-refractivity contribution in [2.45, 2.75) is 37.9 Å². The fourth-order valence-electron chi connectivity index (χ4n) is 3.39. The largest absolute Gasteiger partial charge is 0.445 e. The Morgan fingerprint density at radius 3 is 2.62 bits per heavy atom. The quantitative estimate of drug-likeness (QED) is 0.591. The standard InChI is InChI=1S/C15H14ClF3N8OS/c16-13-22-9(20)8-10(23-13)27(5-21-8)7-3-1-6(2-4-7)11(28)24-14-26-25-12(29-14)15(17,18)19/h5-7H,1-4H2,(H2,20,22,23)(H,24,26,28). The minimum absolute atomic E-state index is 0.0279. The van der Waals surface area contributed by atoms with Gasteiger partial charge >= 0.3 is 6.18 Å². The molecule has 14 heteroatoms. The molecule has 1 aliphatic rings. The molecule has 0 aliphatic heterocycles. The molecule has 0 radical (unpaired) electrons. The first-order valence-corrected chi connectivity index (χ1v) is 9.79. The van der Waals surface area contributed by atoms with Crippen molar-refractivity contribution >= 4 is 51.0 Å². The first-order valence-electron chi connectivity index (χ1n) is 8.59. The predicted octanol–water partition coefficient (Wildman–Crippen LogP) is 3.30. The smallest absolute Gasteiger partial charge is 0.382 e. The number of hydrogen-bond donors (Lipinski definition) is 2. The topological polar surface area (TPSA) is 124 Å². The van der Waals surface area contributed by atoms with E-state index in [0.717, 1.165) is 0 Å². The van der Waals surface area contributed by atoms with Gasteiger partial charge < -0.3 is 15.6 Å². The van der Waals surface area contributed by atoms with Crippen LogP contribution < -0.4 is 11.1 Å². The number of imidazole rings is 1. The van der Waals surface area contributed by atoms with E-state index in [1.54, 1.807) is 6.33 Å². The van der Waals surface area contributed by atoms with E-state index in [0.29, 0.717) is 48.2 Å². The minimum atomic E-state index is -4.58. The van der Waals surface area contributed by atoms with Crippen LogP contribution in [0.2, 0.25) is 5.28 Å². The normalized spacial score (nSPS) is 20.1. The summed E-state index contributed by atoms with van der Waals surface area (Å²) < 4.78 is 39.7. The number of halogens is 4. The van der Waals surface area contributed by atoms with Gasteiger partial charge in [-0.25, -0.2) is 4.98 Å². The van der Waals surface area contributed by atoms with Gasteiger partial charge in [0.1, 0.15) is 5.52 Å². The number of rotatable bonds is 3. The van der Waals surface area contributed by atoms with Crippen molar-refractivity contribution in [3.05, 3.63) is 16.6 Å². The summed E-state index contributed by atoms with van der Waals surface area (Å²) in [6.45, 7) is 0. The fraction of sp³-hybridized carbons (Fsp3) is 0.467. The molecule has 1 fully saturated rings. The third kappa shape index (κ3) is 3.96. The molecule has 1 saturated carbocycles. The number of carbonyl (C=O) groups excluding carboxylic acids is 1. The lowest BCUT2D eigenvalue weighted by molar-refractivity contribution is -0.138. The van der Waals surface area contributed by atoms with E-state index in [-0.39, 0.29) is 34.1 Å². The molecule has 0 bridgehead atoms. The molecule has 3 heterocycles. The fourth-order valence-corrected chi connectivity index (χ4v) is 4.17. The van der Waals surface area contributed by atoms with Crippen LogP contribution in [0.5, 0.6) is 0 Å². The third-order valence-corrected chi connectivity index (χ3v) is 5.83. The highest BCUT2D eigenvalue weighted by Gasteiger charge is 2.36. The number of alkyl halides is 3. The summed E-state index contributed by atoms with van der Waals surface area (Å²) in [5, 5.41) is 7.65. The number of carbonyl (C=O) groups is 1. The molecule has 0 spiro atoms. The summed E-state index contributed by atoms with van der Waals surface area (Å²) >= 11 is 6.19. The van der Waals surface area contributed by atoms with Crippen LogP contribution in [0.3, 0.4) is 0 Å². The molecule has 9 nitrogen and oxygen atoms in total. The Labute approximate surface area is 170 Å². The average Bonchev–Trinajstić information content (AvgIpc) is 3.29. The van der Waals surface area contributed by atoms with Crippen LogP contribution in [0.25, 0.3) is 11.2 Å². The summed E-state index contributed by atoms with van der Waals surface area (Å²) in [6, 6.07) is 0.0489. The van der Waals surface area contributed by atoms with E-state index in [4.69, 9.17) is 17.3 Å². The van der Waals surface area contributed by atoms with E-state index in [1.807, 2.05) is 4.57 Å². The van der Waals surface area contributed by atoms with Crippen molar-refractivity contribution in [2.24, 2.45) is 5.92 Å². The minimum Gasteiger partial charge on any atom is -0.382 e.